The average molecular weight is 341 g/mol. The number of rotatable bonds is 7. The van der Waals surface area contributed by atoms with E-state index in [1.807, 2.05) is 20.8 Å². The number of amides is 2. The number of alkyl carbamates (subject to hydrolysis) is 1. The Hall–Kier alpha value is -1.30. The molecule has 0 aromatic carbocycles. The maximum absolute atomic E-state index is 11.7. The van der Waals surface area contributed by atoms with Crippen LogP contribution >= 0.6 is 0 Å². The van der Waals surface area contributed by atoms with E-state index in [9.17, 15) is 9.59 Å². The van der Waals surface area contributed by atoms with Gasteiger partial charge in [0.1, 0.15) is 5.60 Å². The molecule has 0 atom stereocenters. The van der Waals surface area contributed by atoms with Crippen LogP contribution in [0.15, 0.2) is 0 Å². The summed E-state index contributed by atoms with van der Waals surface area (Å²) in [5.41, 5.74) is 4.88. The van der Waals surface area contributed by atoms with Gasteiger partial charge in [-0.15, -0.1) is 0 Å². The summed E-state index contributed by atoms with van der Waals surface area (Å²) in [6, 6.07) is 0.323. The van der Waals surface area contributed by atoms with Crippen molar-refractivity contribution in [1.29, 1.82) is 0 Å². The second-order valence-electron chi connectivity index (χ2n) is 8.26. The monoisotopic (exact) mass is 341 g/mol. The number of carbonyl (C=O) groups is 2. The molecule has 1 fully saturated rings. The molecule has 140 valence electrons. The summed E-state index contributed by atoms with van der Waals surface area (Å²) >= 11 is 0. The SMILES string of the molecule is CC(C)N(CC(N)=O)CC1CCC(CNC(=O)OC(C)(C)C)CC1. The number of nitrogens with two attached hydrogens (primary N) is 1. The van der Waals surface area contributed by atoms with Gasteiger partial charge >= 0.3 is 6.09 Å². The number of primary amides is 1. The molecular weight excluding hydrogens is 306 g/mol. The van der Waals surface area contributed by atoms with Crippen molar-refractivity contribution in [3.05, 3.63) is 0 Å². The molecule has 1 aliphatic carbocycles. The number of nitrogens with zero attached hydrogens (tertiary/aromatic N) is 1. The first-order valence-electron chi connectivity index (χ1n) is 9.06. The van der Waals surface area contributed by atoms with Crippen LogP contribution in [0.3, 0.4) is 0 Å². The topological polar surface area (TPSA) is 84.7 Å². The van der Waals surface area contributed by atoms with Crippen LogP contribution in [0.5, 0.6) is 0 Å². The summed E-state index contributed by atoms with van der Waals surface area (Å²) in [6.07, 6.45) is 4.12. The fourth-order valence-corrected chi connectivity index (χ4v) is 3.15. The summed E-state index contributed by atoms with van der Waals surface area (Å²) in [5.74, 6) is 0.848. The van der Waals surface area contributed by atoms with Gasteiger partial charge < -0.3 is 15.8 Å². The van der Waals surface area contributed by atoms with Crippen LogP contribution in [0.25, 0.3) is 0 Å². The number of carbonyl (C=O) groups excluding carboxylic acids is 2. The van der Waals surface area contributed by atoms with Gasteiger partial charge in [0, 0.05) is 19.1 Å². The van der Waals surface area contributed by atoms with E-state index in [1.54, 1.807) is 0 Å². The maximum atomic E-state index is 11.7. The van der Waals surface area contributed by atoms with Crippen molar-refractivity contribution in [1.82, 2.24) is 10.2 Å². The molecule has 0 radical (unpaired) electrons. The highest BCUT2D eigenvalue weighted by Crippen LogP contribution is 2.29. The van der Waals surface area contributed by atoms with Gasteiger partial charge in [-0.1, -0.05) is 0 Å². The van der Waals surface area contributed by atoms with Crippen molar-refractivity contribution >= 4 is 12.0 Å². The molecule has 0 saturated heterocycles. The molecule has 0 aromatic rings. The molecule has 24 heavy (non-hydrogen) atoms. The van der Waals surface area contributed by atoms with Gasteiger partial charge in [0.2, 0.25) is 5.91 Å². The summed E-state index contributed by atoms with van der Waals surface area (Å²) in [5, 5.41) is 2.88. The minimum absolute atomic E-state index is 0.265. The van der Waals surface area contributed by atoms with Crippen molar-refractivity contribution in [2.75, 3.05) is 19.6 Å². The van der Waals surface area contributed by atoms with Crippen LogP contribution in [-0.2, 0) is 9.53 Å². The number of ether oxygens (including phenoxy) is 1. The summed E-state index contributed by atoms with van der Waals surface area (Å²) in [4.78, 5) is 25.0. The zero-order valence-electron chi connectivity index (χ0n) is 15.9. The van der Waals surface area contributed by atoms with E-state index in [4.69, 9.17) is 10.5 Å². The molecule has 6 nitrogen and oxygen atoms in total. The van der Waals surface area contributed by atoms with E-state index < -0.39 is 5.60 Å². The molecule has 6 heteroatoms. The highest BCUT2D eigenvalue weighted by atomic mass is 16.6. The van der Waals surface area contributed by atoms with Crippen LogP contribution < -0.4 is 11.1 Å². The lowest BCUT2D eigenvalue weighted by molar-refractivity contribution is -0.119. The Morgan fingerprint density at radius 1 is 1.17 bits per heavy atom. The normalized spacial score (nSPS) is 21.8. The maximum Gasteiger partial charge on any atom is 0.407 e. The van der Waals surface area contributed by atoms with Gasteiger partial charge in [0.05, 0.1) is 6.54 Å². The average Bonchev–Trinajstić information content (AvgIpc) is 2.43. The van der Waals surface area contributed by atoms with E-state index in [-0.39, 0.29) is 12.0 Å². The van der Waals surface area contributed by atoms with E-state index in [1.165, 1.54) is 0 Å². The number of nitrogens with one attached hydrogen (secondary N) is 1. The molecule has 3 N–H and O–H groups in total. The Labute approximate surface area is 146 Å². The Kier molecular flexibility index (Phi) is 8.00. The second-order valence-corrected chi connectivity index (χ2v) is 8.26. The lowest BCUT2D eigenvalue weighted by Crippen LogP contribution is -2.42. The first-order chi connectivity index (χ1) is 11.1. The zero-order valence-corrected chi connectivity index (χ0v) is 15.9. The van der Waals surface area contributed by atoms with Gasteiger partial charge in [-0.2, -0.15) is 0 Å². The van der Waals surface area contributed by atoms with Gasteiger partial charge in [-0.05, 0) is 72.1 Å². The zero-order chi connectivity index (χ0) is 18.3. The first kappa shape index (κ1) is 20.7. The van der Waals surface area contributed by atoms with Crippen LogP contribution in [-0.4, -0.2) is 48.2 Å². The van der Waals surface area contributed by atoms with Gasteiger partial charge in [-0.25, -0.2) is 4.79 Å². The van der Waals surface area contributed by atoms with Crippen LogP contribution in [0.1, 0.15) is 60.3 Å². The second kappa shape index (κ2) is 9.25. The lowest BCUT2D eigenvalue weighted by atomic mass is 9.81. The molecule has 0 unspecified atom stereocenters. The molecular formula is C18H35N3O3. The molecule has 2 amide bonds. The number of hydrogen-bond acceptors (Lipinski definition) is 4. The highest BCUT2D eigenvalue weighted by Gasteiger charge is 2.25. The van der Waals surface area contributed by atoms with Gasteiger partial charge in [0.15, 0.2) is 0 Å². The predicted octanol–water partition coefficient (Wildman–Crippen LogP) is 2.51. The molecule has 0 aromatic heterocycles. The molecule has 0 heterocycles. The quantitative estimate of drug-likeness (QED) is 0.745. The van der Waals surface area contributed by atoms with Crippen molar-refractivity contribution in [2.24, 2.45) is 17.6 Å². The number of hydrogen-bond donors (Lipinski definition) is 2. The molecule has 1 aliphatic rings. The summed E-state index contributed by atoms with van der Waals surface area (Å²) in [7, 11) is 0. The first-order valence-corrected chi connectivity index (χ1v) is 9.06. The fourth-order valence-electron chi connectivity index (χ4n) is 3.15. The smallest absolute Gasteiger partial charge is 0.407 e. The molecule has 0 aliphatic heterocycles. The molecule has 0 spiro atoms. The summed E-state index contributed by atoms with van der Waals surface area (Å²) in [6.45, 7) is 11.7. The minimum Gasteiger partial charge on any atom is -0.444 e. The predicted molar refractivity (Wildman–Crippen MR) is 95.6 cm³/mol. The van der Waals surface area contributed by atoms with Crippen molar-refractivity contribution in [2.45, 2.75) is 71.9 Å². The minimum atomic E-state index is -0.456. The van der Waals surface area contributed by atoms with E-state index >= 15 is 0 Å². The van der Waals surface area contributed by atoms with Crippen LogP contribution in [0.2, 0.25) is 0 Å². The Morgan fingerprint density at radius 2 is 1.71 bits per heavy atom. The van der Waals surface area contributed by atoms with Gasteiger partial charge in [0.25, 0.3) is 0 Å². The Morgan fingerprint density at radius 3 is 2.17 bits per heavy atom. The third-order valence-corrected chi connectivity index (χ3v) is 4.48. The fraction of sp³-hybridized carbons (Fsp3) is 0.889. The van der Waals surface area contributed by atoms with E-state index in [2.05, 4.69) is 24.1 Å². The largest absolute Gasteiger partial charge is 0.444 e. The Bertz CT molecular complexity index is 410. The molecule has 0 bridgehead atoms. The van der Waals surface area contributed by atoms with Crippen molar-refractivity contribution < 1.29 is 14.3 Å². The van der Waals surface area contributed by atoms with Crippen LogP contribution in [0.4, 0.5) is 4.79 Å². The van der Waals surface area contributed by atoms with E-state index in [0.717, 1.165) is 32.2 Å². The lowest BCUT2D eigenvalue weighted by Gasteiger charge is -2.34. The van der Waals surface area contributed by atoms with Crippen LogP contribution in [0, 0.1) is 11.8 Å². The van der Waals surface area contributed by atoms with Crippen molar-refractivity contribution in [3.63, 3.8) is 0 Å². The third-order valence-electron chi connectivity index (χ3n) is 4.48. The third kappa shape index (κ3) is 8.52. The Balaban J connectivity index is 2.30. The molecule has 1 saturated carbocycles. The highest BCUT2D eigenvalue weighted by molar-refractivity contribution is 5.75. The van der Waals surface area contributed by atoms with E-state index in [0.29, 0.717) is 31.0 Å². The van der Waals surface area contributed by atoms with Gasteiger partial charge in [-0.3, -0.25) is 9.69 Å². The van der Waals surface area contributed by atoms with Crippen molar-refractivity contribution in [3.8, 4) is 0 Å². The standard InChI is InChI=1S/C18H35N3O3/c1-13(2)21(12-16(19)22)11-15-8-6-14(7-9-15)10-20-17(23)24-18(3,4)5/h13-15H,6-12H2,1-5H3,(H2,19,22)(H,20,23). The summed E-state index contributed by atoms with van der Waals surface area (Å²) < 4.78 is 5.27. The molecule has 1 rings (SSSR count).